The van der Waals surface area contributed by atoms with Crippen LogP contribution in [0.25, 0.3) is 9.69 Å². The smallest absolute Gasteiger partial charge is 0.282 e. The van der Waals surface area contributed by atoms with Gasteiger partial charge in [0.05, 0.1) is 18.0 Å². The number of ketones is 2. The highest BCUT2D eigenvalue weighted by Gasteiger charge is 2.56. The highest BCUT2D eigenvalue weighted by Crippen LogP contribution is 2.52. The molecule has 0 aliphatic heterocycles. The normalized spacial score (nSPS) is 30.9. The zero-order chi connectivity index (χ0) is 33.7. The molecule has 0 amide bonds. The van der Waals surface area contributed by atoms with Gasteiger partial charge in [-0.25, -0.2) is 16.9 Å². The summed E-state index contributed by atoms with van der Waals surface area (Å²) in [7, 11) is 6.57. The van der Waals surface area contributed by atoms with Gasteiger partial charge in [-0.2, -0.15) is 10.2 Å². The zero-order valence-corrected chi connectivity index (χ0v) is 27.5. The molecule has 2 N–H and O–H groups in total. The van der Waals surface area contributed by atoms with Gasteiger partial charge < -0.3 is 14.8 Å². The van der Waals surface area contributed by atoms with E-state index >= 15 is 0 Å². The summed E-state index contributed by atoms with van der Waals surface area (Å²) in [5, 5.41) is 16.6. The van der Waals surface area contributed by atoms with Crippen molar-refractivity contribution in [2.24, 2.45) is 37.8 Å². The van der Waals surface area contributed by atoms with Crippen molar-refractivity contribution in [3.05, 3.63) is 69.5 Å². The van der Waals surface area contributed by atoms with Gasteiger partial charge in [0, 0.05) is 64.0 Å². The largest absolute Gasteiger partial charge is 0.317 e. The highest BCUT2D eigenvalue weighted by atomic mass is 16.5. The maximum absolute atomic E-state index is 12.5. The molecule has 2 aromatic heterocycles. The fourth-order valence-corrected chi connectivity index (χ4v) is 8.48. The average Bonchev–Trinajstić information content (AvgIpc) is 3.62. The Bertz CT molecular complexity index is 1500. The molecule has 4 aliphatic carbocycles. The number of hydrogen-bond acceptors (Lipinski definition) is 6. The van der Waals surface area contributed by atoms with E-state index in [2.05, 4.69) is 53.1 Å². The number of nitrogens with zero attached hydrogens (tertiary/aromatic N) is 6. The predicted octanol–water partition coefficient (Wildman–Crippen LogP) is 6.05. The first-order valence-corrected chi connectivity index (χ1v) is 15.3. The number of aromatic nitrogens is 4. The van der Waals surface area contributed by atoms with Gasteiger partial charge in [-0.3, -0.25) is 14.2 Å². The summed E-state index contributed by atoms with van der Waals surface area (Å²) in [6, 6.07) is -0.478. The van der Waals surface area contributed by atoms with E-state index in [1.165, 1.54) is 25.6 Å². The van der Waals surface area contributed by atoms with Crippen LogP contribution in [0.2, 0.25) is 0 Å². The summed E-state index contributed by atoms with van der Waals surface area (Å²) < 4.78 is 9.48. The van der Waals surface area contributed by atoms with Gasteiger partial charge in [0.1, 0.15) is 0 Å². The van der Waals surface area contributed by atoms with Gasteiger partial charge >= 0.3 is 0 Å². The van der Waals surface area contributed by atoms with Crippen molar-refractivity contribution in [2.45, 2.75) is 104 Å². The molecule has 0 radical (unpaired) electrons. The SMILES string of the molecule is C.CNO.[3H]C.[C-]#[N+]C1=C[C@]2(C)c3nn(C)cc3CC[C@H]2[C@H](CC)C1=O.[C-]#[N+]C1C[C@]2(C)c3nn(C)cc3CC[C@H]2[C@H](CC)C1=O. The molecule has 0 spiro atoms. The molecule has 7 atom stereocenters. The molecule has 2 aromatic rings. The van der Waals surface area contributed by atoms with Crippen LogP contribution < -0.4 is 5.48 Å². The lowest BCUT2D eigenvalue weighted by Crippen LogP contribution is -2.52. The van der Waals surface area contributed by atoms with Crippen LogP contribution in [0.3, 0.4) is 0 Å². The molecule has 0 aromatic carbocycles. The van der Waals surface area contributed by atoms with E-state index in [9.17, 15) is 9.59 Å². The van der Waals surface area contributed by atoms with Crippen molar-refractivity contribution in [1.82, 2.24) is 25.0 Å². The van der Waals surface area contributed by atoms with E-state index in [4.69, 9.17) is 19.7 Å². The third-order valence-electron chi connectivity index (χ3n) is 10.4. The van der Waals surface area contributed by atoms with Gasteiger partial charge in [-0.05, 0) is 61.5 Å². The summed E-state index contributed by atoms with van der Waals surface area (Å²) in [5.41, 5.74) is 6.42. The standard InChI is InChI=1S/C16H21N3O.C16H19N3O.CH5NO.2CH4/c2*1-5-11-12-7-6-10-9-19(4)18-15(10)16(12,2)8-13(17-3)14(11)20;1-2-3;;/h9,11-13H,5-8H2,1-2,4H3;8-9,11-12H,5-7H2,1-2,4H3;2-3H,1H3;2*1H4/t11-,12-,13?,16-;11-,12-,16-;;;/m00.../s1/i;;;1T;. The molecule has 2 heterocycles. The molecule has 0 bridgehead atoms. The van der Waals surface area contributed by atoms with Crippen LogP contribution in [0.1, 0.15) is 98.5 Å². The molecule has 4 aliphatic rings. The van der Waals surface area contributed by atoms with E-state index in [1.807, 2.05) is 36.5 Å². The Hall–Kier alpha value is -3.60. The van der Waals surface area contributed by atoms with Crippen molar-refractivity contribution >= 4 is 11.6 Å². The van der Waals surface area contributed by atoms with Crippen LogP contribution in [0, 0.1) is 36.8 Å². The van der Waals surface area contributed by atoms with Crippen LogP contribution in [0.15, 0.2) is 24.2 Å². The molecule has 6 rings (SSSR count). The number of hydrogen-bond donors (Lipinski definition) is 2. The molecule has 1 saturated carbocycles. The van der Waals surface area contributed by atoms with Crippen molar-refractivity contribution in [2.75, 3.05) is 7.05 Å². The Morgan fingerprint density at radius 1 is 1.00 bits per heavy atom. The summed E-state index contributed by atoms with van der Waals surface area (Å²) in [6.07, 6.45) is 12.4. The second-order valence-electron chi connectivity index (χ2n) is 12.9. The maximum Gasteiger partial charge on any atom is 0.282 e. The molecule has 10 nitrogen and oxygen atoms in total. The molecule has 1 unspecified atom stereocenters. The molecular formula is C35H53N7O3. The van der Waals surface area contributed by atoms with Crippen LogP contribution in [-0.4, -0.2) is 49.4 Å². The maximum atomic E-state index is 12.5. The minimum Gasteiger partial charge on any atom is -0.317 e. The fourth-order valence-electron chi connectivity index (χ4n) is 8.48. The zero-order valence-electron chi connectivity index (χ0n) is 28.5. The van der Waals surface area contributed by atoms with E-state index in [1.54, 1.807) is 5.48 Å². The van der Waals surface area contributed by atoms with Crippen LogP contribution in [-0.2, 0) is 47.4 Å². The number of Topliss-reactive ketones (excluding diaryl/α,β-unsaturated/α-hetero) is 2. The summed E-state index contributed by atoms with van der Waals surface area (Å²) in [5.74, 6) is 0.814. The summed E-state index contributed by atoms with van der Waals surface area (Å²) in [6.45, 7) is 23.1. The van der Waals surface area contributed by atoms with Crippen molar-refractivity contribution in [3.8, 4) is 0 Å². The highest BCUT2D eigenvalue weighted by molar-refractivity contribution is 6.00. The van der Waals surface area contributed by atoms with Crippen LogP contribution >= 0.6 is 0 Å². The Balaban J connectivity index is 0.000000276. The number of carbonyl (C=O) groups is 2. The summed E-state index contributed by atoms with van der Waals surface area (Å²) in [4.78, 5) is 31.9. The number of hydroxylamine groups is 1. The minimum atomic E-state index is -0.478. The second kappa shape index (κ2) is 14.7. The molecule has 10 heteroatoms. The van der Waals surface area contributed by atoms with Gasteiger partial charge in [0.2, 0.25) is 11.5 Å². The quantitative estimate of drug-likeness (QED) is 0.312. The third kappa shape index (κ3) is 6.41. The predicted molar refractivity (Wildman–Crippen MR) is 176 cm³/mol. The Morgan fingerprint density at radius 3 is 2.02 bits per heavy atom. The molecule has 246 valence electrons. The minimum absolute atomic E-state index is 0. The van der Waals surface area contributed by atoms with E-state index < -0.39 is 6.04 Å². The van der Waals surface area contributed by atoms with Crippen molar-refractivity contribution < 1.29 is 16.2 Å². The Kier molecular flexibility index (Phi) is 11.7. The van der Waals surface area contributed by atoms with Gasteiger partial charge in [0.15, 0.2) is 5.78 Å². The number of rotatable bonds is 2. The lowest BCUT2D eigenvalue weighted by Gasteiger charge is -2.47. The van der Waals surface area contributed by atoms with Gasteiger partial charge in [-0.15, -0.1) is 0 Å². The van der Waals surface area contributed by atoms with Crippen molar-refractivity contribution in [1.29, 1.82) is 0 Å². The van der Waals surface area contributed by atoms with Crippen LogP contribution in [0.5, 0.6) is 0 Å². The Labute approximate surface area is 271 Å². The number of aryl methyl sites for hydroxylation is 4. The first kappa shape index (κ1) is 35.9. The lowest BCUT2D eigenvalue weighted by molar-refractivity contribution is -0.130. The van der Waals surface area contributed by atoms with Gasteiger partial charge in [-0.1, -0.05) is 48.6 Å². The number of carbonyl (C=O) groups excluding carboxylic acids is 2. The number of allylic oxidation sites excluding steroid dienone is 2. The summed E-state index contributed by atoms with van der Waals surface area (Å²) >= 11 is 0. The van der Waals surface area contributed by atoms with E-state index in [-0.39, 0.29) is 47.6 Å². The van der Waals surface area contributed by atoms with E-state index in [0.717, 1.165) is 49.9 Å². The van der Waals surface area contributed by atoms with Crippen LogP contribution in [0.4, 0.5) is 0 Å². The molecule has 45 heavy (non-hydrogen) atoms. The average molecular weight is 622 g/mol. The first-order chi connectivity index (χ1) is 21.4. The lowest BCUT2D eigenvalue weighted by atomic mass is 9.54. The molecular weight excluding hydrogens is 566 g/mol. The fraction of sp³-hybridized carbons (Fsp3) is 0.657. The second-order valence-corrected chi connectivity index (χ2v) is 12.9. The Morgan fingerprint density at radius 2 is 1.51 bits per heavy atom. The number of fused-ring (bicyclic) bond motifs is 6. The van der Waals surface area contributed by atoms with Crippen molar-refractivity contribution in [3.63, 3.8) is 0 Å². The molecule has 0 saturated heterocycles. The topological polar surface area (TPSA) is 111 Å². The molecule has 1 fully saturated rings. The monoisotopic (exact) mass is 621 g/mol. The first-order valence-electron chi connectivity index (χ1n) is 16.3. The number of nitrogens with one attached hydrogen (secondary N) is 1. The van der Waals surface area contributed by atoms with E-state index in [0.29, 0.717) is 18.0 Å². The third-order valence-corrected chi connectivity index (χ3v) is 10.4. The van der Waals surface area contributed by atoms with Gasteiger partial charge in [0.25, 0.3) is 6.04 Å².